The Morgan fingerprint density at radius 2 is 1.18 bits per heavy atom. The first-order valence-electron chi connectivity index (χ1n) is 12.7. The number of hydrogen-bond donors (Lipinski definition) is 2. The number of anilines is 2. The van der Waals surface area contributed by atoms with E-state index >= 15 is 0 Å². The van der Waals surface area contributed by atoms with E-state index in [2.05, 4.69) is 9.80 Å². The van der Waals surface area contributed by atoms with Crippen molar-refractivity contribution in [3.8, 4) is 11.5 Å². The summed E-state index contributed by atoms with van der Waals surface area (Å²) in [5.41, 5.74) is 1.82. The molecule has 9 nitrogen and oxygen atoms in total. The van der Waals surface area contributed by atoms with Crippen LogP contribution < -0.4 is 19.3 Å². The molecule has 0 bridgehead atoms. The number of carbonyl (C=O) groups is 2. The van der Waals surface area contributed by atoms with Crippen molar-refractivity contribution in [3.63, 3.8) is 0 Å². The van der Waals surface area contributed by atoms with Gasteiger partial charge in [-0.05, 0) is 73.5 Å². The molecule has 214 valence electrons. The number of aryl methyl sites for hydroxylation is 2. The number of benzene rings is 2. The van der Waals surface area contributed by atoms with Gasteiger partial charge in [-0.15, -0.1) is 23.5 Å². The second kappa shape index (κ2) is 15.3. The van der Waals surface area contributed by atoms with Crippen molar-refractivity contribution in [3.05, 3.63) is 65.7 Å². The second-order valence-corrected chi connectivity index (χ2v) is 11.5. The third-order valence-electron chi connectivity index (χ3n) is 5.89. The molecule has 0 aliphatic carbocycles. The number of aliphatic carboxylic acids is 2. The molecule has 0 amide bonds. The molecule has 0 atom stereocenters. The van der Waals surface area contributed by atoms with Crippen LogP contribution in [0.25, 0.3) is 0 Å². The van der Waals surface area contributed by atoms with E-state index in [0.717, 1.165) is 57.1 Å². The first-order valence-corrected chi connectivity index (χ1v) is 14.6. The normalized spacial score (nSPS) is 10.7. The van der Waals surface area contributed by atoms with Gasteiger partial charge >= 0.3 is 11.9 Å². The fourth-order valence-electron chi connectivity index (χ4n) is 3.69. The number of rotatable bonds is 16. The van der Waals surface area contributed by atoms with Crippen molar-refractivity contribution in [2.45, 2.75) is 23.6 Å². The fraction of sp³-hybridized carbons (Fsp3) is 0.345. The standard InChI is InChI=1S/C29H35N3O6S2/c1-20-16-22(8-10-24(20)37-18-28(33)34)39-14-12-31(3)26-6-5-7-27(30-26)32(4)13-15-40-23-9-11-25(21(2)17-23)38-19-29(35)36/h5-11,16-17H,12-15,18-19H2,1-4H3,(H,33,34)(H,35,36). The van der Waals surface area contributed by atoms with E-state index in [1.165, 1.54) is 0 Å². The average Bonchev–Trinajstić information content (AvgIpc) is 2.92. The summed E-state index contributed by atoms with van der Waals surface area (Å²) in [6, 6.07) is 17.6. The summed E-state index contributed by atoms with van der Waals surface area (Å²) in [4.78, 5) is 32.8. The first-order chi connectivity index (χ1) is 19.1. The lowest BCUT2D eigenvalue weighted by atomic mass is 10.2. The average molecular weight is 586 g/mol. The van der Waals surface area contributed by atoms with Crippen molar-refractivity contribution in [1.29, 1.82) is 0 Å². The van der Waals surface area contributed by atoms with E-state index in [1.54, 1.807) is 23.5 Å². The molecule has 0 aliphatic rings. The Hall–Kier alpha value is -3.57. The fourth-order valence-corrected chi connectivity index (χ4v) is 5.74. The Morgan fingerprint density at radius 3 is 1.55 bits per heavy atom. The van der Waals surface area contributed by atoms with E-state index in [1.807, 2.05) is 82.5 Å². The predicted octanol–water partition coefficient (Wildman–Crippen LogP) is 5.08. The molecule has 0 saturated carbocycles. The van der Waals surface area contributed by atoms with Gasteiger partial charge in [0.1, 0.15) is 23.1 Å². The van der Waals surface area contributed by atoms with Crippen molar-refractivity contribution in [2.75, 3.05) is 61.7 Å². The quantitative estimate of drug-likeness (QED) is 0.219. The van der Waals surface area contributed by atoms with Gasteiger partial charge in [-0.3, -0.25) is 0 Å². The minimum atomic E-state index is -0.993. The molecule has 0 saturated heterocycles. The first kappa shape index (κ1) is 31.0. The van der Waals surface area contributed by atoms with Gasteiger partial charge in [0.15, 0.2) is 13.2 Å². The molecule has 11 heteroatoms. The van der Waals surface area contributed by atoms with Crippen molar-refractivity contribution < 1.29 is 29.3 Å². The van der Waals surface area contributed by atoms with E-state index in [0.29, 0.717) is 11.5 Å². The van der Waals surface area contributed by atoms with E-state index in [9.17, 15) is 9.59 Å². The minimum Gasteiger partial charge on any atom is -0.482 e. The highest BCUT2D eigenvalue weighted by atomic mass is 32.2. The Morgan fingerprint density at radius 1 is 0.750 bits per heavy atom. The van der Waals surface area contributed by atoms with Gasteiger partial charge in [-0.1, -0.05) is 6.07 Å². The predicted molar refractivity (Wildman–Crippen MR) is 161 cm³/mol. The van der Waals surface area contributed by atoms with Crippen LogP contribution in [0.1, 0.15) is 11.1 Å². The molecular formula is C29H35N3O6S2. The van der Waals surface area contributed by atoms with Crippen molar-refractivity contribution >= 4 is 47.1 Å². The maximum atomic E-state index is 10.7. The van der Waals surface area contributed by atoms with E-state index < -0.39 is 11.9 Å². The lowest BCUT2D eigenvalue weighted by Crippen LogP contribution is -2.24. The van der Waals surface area contributed by atoms with E-state index in [4.69, 9.17) is 24.7 Å². The molecule has 2 N–H and O–H groups in total. The lowest BCUT2D eigenvalue weighted by molar-refractivity contribution is -0.140. The number of carboxylic acid groups (broad SMARTS) is 2. The van der Waals surface area contributed by atoms with Gasteiger partial charge in [-0.2, -0.15) is 0 Å². The molecule has 0 spiro atoms. The summed E-state index contributed by atoms with van der Waals surface area (Å²) < 4.78 is 10.6. The van der Waals surface area contributed by atoms with Crippen LogP contribution in [0.3, 0.4) is 0 Å². The molecule has 40 heavy (non-hydrogen) atoms. The van der Waals surface area contributed by atoms with Crippen LogP contribution in [0.5, 0.6) is 11.5 Å². The number of aromatic nitrogens is 1. The number of carboxylic acids is 2. The summed E-state index contributed by atoms with van der Waals surface area (Å²) in [6.07, 6.45) is 0. The van der Waals surface area contributed by atoms with Crippen LogP contribution in [0, 0.1) is 13.8 Å². The Kier molecular flexibility index (Phi) is 11.8. The highest BCUT2D eigenvalue weighted by Crippen LogP contribution is 2.27. The van der Waals surface area contributed by atoms with Crippen LogP contribution in [-0.4, -0.2) is 79.0 Å². The Bertz CT molecular complexity index is 1210. The van der Waals surface area contributed by atoms with Crippen molar-refractivity contribution in [1.82, 2.24) is 4.98 Å². The molecule has 2 aromatic carbocycles. The van der Waals surface area contributed by atoms with Gasteiger partial charge in [0.2, 0.25) is 0 Å². The summed E-state index contributed by atoms with van der Waals surface area (Å²) >= 11 is 3.45. The molecule has 1 heterocycles. The SMILES string of the molecule is Cc1cc(SCCN(C)c2cccc(N(C)CCSc3ccc(OCC(=O)O)c(C)c3)n2)ccc1OCC(=O)O. The second-order valence-electron chi connectivity index (χ2n) is 9.11. The Labute approximate surface area is 243 Å². The highest BCUT2D eigenvalue weighted by Gasteiger charge is 2.10. The molecule has 0 unspecified atom stereocenters. The van der Waals surface area contributed by atoms with Crippen LogP contribution >= 0.6 is 23.5 Å². The van der Waals surface area contributed by atoms with Crippen molar-refractivity contribution in [2.24, 2.45) is 0 Å². The molecule has 3 aromatic rings. The van der Waals surface area contributed by atoms with Gasteiger partial charge < -0.3 is 29.5 Å². The minimum absolute atomic E-state index is 0.348. The smallest absolute Gasteiger partial charge is 0.341 e. The number of thioether (sulfide) groups is 2. The monoisotopic (exact) mass is 585 g/mol. The number of ether oxygens (including phenoxy) is 2. The number of nitrogens with zero attached hydrogens (tertiary/aromatic N) is 3. The van der Waals surface area contributed by atoms with Crippen LogP contribution in [-0.2, 0) is 9.59 Å². The zero-order valence-electron chi connectivity index (χ0n) is 23.1. The maximum absolute atomic E-state index is 10.7. The number of hydrogen-bond acceptors (Lipinski definition) is 9. The zero-order valence-corrected chi connectivity index (χ0v) is 24.8. The third-order valence-corrected chi connectivity index (χ3v) is 7.84. The zero-order chi connectivity index (χ0) is 29.1. The van der Waals surface area contributed by atoms with Gasteiger partial charge in [0.05, 0.1) is 0 Å². The van der Waals surface area contributed by atoms with Gasteiger partial charge in [-0.25, -0.2) is 14.6 Å². The highest BCUT2D eigenvalue weighted by molar-refractivity contribution is 7.99. The molecule has 0 fully saturated rings. The van der Waals surface area contributed by atoms with Gasteiger partial charge in [0.25, 0.3) is 0 Å². The van der Waals surface area contributed by atoms with Crippen LogP contribution in [0.2, 0.25) is 0 Å². The summed E-state index contributed by atoms with van der Waals surface area (Å²) in [5.74, 6) is 2.72. The molecule has 1 aromatic heterocycles. The third kappa shape index (κ3) is 9.87. The summed E-state index contributed by atoms with van der Waals surface area (Å²) in [5, 5.41) is 17.6. The lowest BCUT2D eigenvalue weighted by Gasteiger charge is -2.22. The Balaban J connectivity index is 1.46. The van der Waals surface area contributed by atoms with Crippen LogP contribution in [0.4, 0.5) is 11.6 Å². The van der Waals surface area contributed by atoms with Gasteiger partial charge in [0, 0.05) is 48.5 Å². The summed E-state index contributed by atoms with van der Waals surface area (Å²) in [7, 11) is 4.06. The van der Waals surface area contributed by atoms with E-state index in [-0.39, 0.29) is 13.2 Å². The molecular weight excluding hydrogens is 550 g/mol. The van der Waals surface area contributed by atoms with Crippen LogP contribution in [0.15, 0.2) is 64.4 Å². The maximum Gasteiger partial charge on any atom is 0.341 e. The molecule has 3 rings (SSSR count). The largest absolute Gasteiger partial charge is 0.482 e. The number of pyridine rings is 1. The molecule has 0 aliphatic heterocycles. The molecule has 0 radical (unpaired) electrons. The summed E-state index contributed by atoms with van der Waals surface area (Å²) in [6.45, 7) is 4.74. The topological polar surface area (TPSA) is 112 Å².